The van der Waals surface area contributed by atoms with Gasteiger partial charge in [0.1, 0.15) is 0 Å². The molecule has 134 valence electrons. The second-order valence-electron chi connectivity index (χ2n) is 6.88. The lowest BCUT2D eigenvalue weighted by Crippen LogP contribution is -2.49. The fourth-order valence-electron chi connectivity index (χ4n) is 3.07. The Hall–Kier alpha value is -1.43. The van der Waals surface area contributed by atoms with Gasteiger partial charge >= 0.3 is 0 Å². The second-order valence-corrected chi connectivity index (χ2v) is 6.88. The predicted molar refractivity (Wildman–Crippen MR) is 97.1 cm³/mol. The number of likely N-dealkylation sites (N-methyl/N-ethyl adjacent to an activating group) is 2. The first kappa shape index (κ1) is 18.9. The Morgan fingerprint density at radius 2 is 1.92 bits per heavy atom. The molecule has 2 rings (SSSR count). The first-order valence-corrected chi connectivity index (χ1v) is 8.88. The maximum Gasteiger partial charge on any atom is 0.226 e. The Kier molecular flexibility index (Phi) is 7.21. The molecule has 24 heavy (non-hydrogen) atoms. The van der Waals surface area contributed by atoms with Crippen molar-refractivity contribution in [1.29, 1.82) is 0 Å². The molecule has 1 aromatic rings. The Morgan fingerprint density at radius 1 is 1.25 bits per heavy atom. The number of rotatable bonds is 7. The minimum Gasteiger partial charge on any atom is -0.390 e. The van der Waals surface area contributed by atoms with Crippen molar-refractivity contribution < 1.29 is 9.90 Å². The van der Waals surface area contributed by atoms with Gasteiger partial charge in [-0.3, -0.25) is 9.69 Å². The molecule has 0 spiro atoms. The maximum atomic E-state index is 12.4. The van der Waals surface area contributed by atoms with Crippen molar-refractivity contribution in [3.63, 3.8) is 0 Å². The normalized spacial score (nSPS) is 17.7. The van der Waals surface area contributed by atoms with Gasteiger partial charge in [-0.05, 0) is 24.6 Å². The van der Waals surface area contributed by atoms with E-state index in [2.05, 4.69) is 35.9 Å². The molecule has 5 heteroatoms. The highest BCUT2D eigenvalue weighted by atomic mass is 16.3. The number of hydrogen-bond donors (Lipinski definition) is 1. The lowest BCUT2D eigenvalue weighted by molar-refractivity contribution is -0.130. The number of nitrogens with zero attached hydrogens (tertiary/aromatic N) is 3. The third-order valence-corrected chi connectivity index (χ3v) is 4.73. The van der Waals surface area contributed by atoms with Crippen LogP contribution in [0.4, 0.5) is 0 Å². The van der Waals surface area contributed by atoms with Gasteiger partial charge in [-0.15, -0.1) is 0 Å². The SMILES string of the molecule is CCc1cccc(CC(=O)N(C)CC(O)CN2CCN(C)CC2)c1. The number of hydrogen-bond acceptors (Lipinski definition) is 4. The molecule has 0 aromatic heterocycles. The summed E-state index contributed by atoms with van der Waals surface area (Å²) >= 11 is 0. The van der Waals surface area contributed by atoms with Crippen molar-refractivity contribution in [1.82, 2.24) is 14.7 Å². The van der Waals surface area contributed by atoms with E-state index in [-0.39, 0.29) is 5.91 Å². The summed E-state index contributed by atoms with van der Waals surface area (Å²) in [6.07, 6.45) is 0.872. The van der Waals surface area contributed by atoms with E-state index in [4.69, 9.17) is 0 Å². The van der Waals surface area contributed by atoms with Crippen molar-refractivity contribution in [2.45, 2.75) is 25.9 Å². The van der Waals surface area contributed by atoms with Gasteiger partial charge in [0.05, 0.1) is 12.5 Å². The van der Waals surface area contributed by atoms with Crippen LogP contribution >= 0.6 is 0 Å². The van der Waals surface area contributed by atoms with Gasteiger partial charge in [-0.25, -0.2) is 0 Å². The standard InChI is InChI=1S/C19H31N3O2/c1-4-16-6-5-7-17(12-16)13-19(24)21(3)14-18(23)15-22-10-8-20(2)9-11-22/h5-7,12,18,23H,4,8-11,13-15H2,1-3H3. The number of aliphatic hydroxyl groups is 1. The van der Waals surface area contributed by atoms with Crippen molar-refractivity contribution in [2.24, 2.45) is 0 Å². The van der Waals surface area contributed by atoms with Crippen LogP contribution in [-0.2, 0) is 17.6 Å². The number of aliphatic hydroxyl groups excluding tert-OH is 1. The van der Waals surface area contributed by atoms with E-state index in [0.717, 1.165) is 38.2 Å². The second kappa shape index (κ2) is 9.16. The zero-order chi connectivity index (χ0) is 17.5. The number of benzene rings is 1. The summed E-state index contributed by atoms with van der Waals surface area (Å²) in [6.45, 7) is 7.17. The van der Waals surface area contributed by atoms with E-state index >= 15 is 0 Å². The molecule has 1 N–H and O–H groups in total. The Morgan fingerprint density at radius 3 is 2.58 bits per heavy atom. The van der Waals surface area contributed by atoms with Crippen molar-refractivity contribution >= 4 is 5.91 Å². The number of piperazine rings is 1. The molecular formula is C19H31N3O2. The minimum absolute atomic E-state index is 0.0562. The third-order valence-electron chi connectivity index (χ3n) is 4.73. The highest BCUT2D eigenvalue weighted by Crippen LogP contribution is 2.08. The number of aryl methyl sites for hydroxylation is 1. The van der Waals surface area contributed by atoms with Crippen LogP contribution in [0.2, 0.25) is 0 Å². The summed E-state index contributed by atoms with van der Waals surface area (Å²) in [7, 11) is 3.90. The van der Waals surface area contributed by atoms with Gasteiger partial charge in [0.25, 0.3) is 0 Å². The van der Waals surface area contributed by atoms with E-state index in [1.165, 1.54) is 5.56 Å². The van der Waals surface area contributed by atoms with Crippen molar-refractivity contribution in [3.8, 4) is 0 Å². The average Bonchev–Trinajstić information content (AvgIpc) is 2.57. The smallest absolute Gasteiger partial charge is 0.226 e. The molecule has 0 bridgehead atoms. The molecule has 1 fully saturated rings. The quantitative estimate of drug-likeness (QED) is 0.804. The number of β-amino-alcohol motifs (C(OH)–C–C–N with tert-alkyl or cyclic N) is 1. The lowest BCUT2D eigenvalue weighted by Gasteiger charge is -2.34. The number of carbonyl (C=O) groups is 1. The van der Waals surface area contributed by atoms with Crippen LogP contribution < -0.4 is 0 Å². The van der Waals surface area contributed by atoms with Gasteiger partial charge in [0.15, 0.2) is 0 Å². The highest BCUT2D eigenvalue weighted by Gasteiger charge is 2.19. The molecule has 1 aliphatic rings. The summed E-state index contributed by atoms with van der Waals surface area (Å²) in [4.78, 5) is 18.6. The summed E-state index contributed by atoms with van der Waals surface area (Å²) in [5.74, 6) is 0.0562. The van der Waals surface area contributed by atoms with Crippen LogP contribution in [-0.4, -0.2) is 85.2 Å². The fraction of sp³-hybridized carbons (Fsp3) is 0.632. The third kappa shape index (κ3) is 5.89. The van der Waals surface area contributed by atoms with Crippen LogP contribution in [0.5, 0.6) is 0 Å². The summed E-state index contributed by atoms with van der Waals surface area (Å²) in [5.41, 5.74) is 2.29. The molecule has 1 amide bonds. The Bertz CT molecular complexity index is 527. The van der Waals surface area contributed by atoms with Crippen LogP contribution in [0.15, 0.2) is 24.3 Å². The van der Waals surface area contributed by atoms with Gasteiger partial charge < -0.3 is 14.9 Å². The molecule has 1 heterocycles. The van der Waals surface area contributed by atoms with E-state index < -0.39 is 6.10 Å². The molecule has 1 saturated heterocycles. The molecule has 1 atom stereocenters. The van der Waals surface area contributed by atoms with Gasteiger partial charge in [0.2, 0.25) is 5.91 Å². The molecule has 0 saturated carbocycles. The molecule has 0 radical (unpaired) electrons. The predicted octanol–water partition coefficient (Wildman–Crippen LogP) is 0.858. The zero-order valence-corrected chi connectivity index (χ0v) is 15.2. The van der Waals surface area contributed by atoms with Crippen molar-refractivity contribution in [3.05, 3.63) is 35.4 Å². The summed E-state index contributed by atoms with van der Waals surface area (Å²) in [6, 6.07) is 8.17. The van der Waals surface area contributed by atoms with Crippen LogP contribution in [0.3, 0.4) is 0 Å². The topological polar surface area (TPSA) is 47.0 Å². The Balaban J connectivity index is 1.77. The summed E-state index contributed by atoms with van der Waals surface area (Å²) in [5, 5.41) is 10.3. The highest BCUT2D eigenvalue weighted by molar-refractivity contribution is 5.78. The van der Waals surface area contributed by atoms with E-state index in [1.807, 2.05) is 12.1 Å². The fourth-order valence-corrected chi connectivity index (χ4v) is 3.07. The van der Waals surface area contributed by atoms with E-state index in [1.54, 1.807) is 11.9 Å². The zero-order valence-electron chi connectivity index (χ0n) is 15.2. The van der Waals surface area contributed by atoms with Gasteiger partial charge in [-0.1, -0.05) is 31.2 Å². The van der Waals surface area contributed by atoms with Gasteiger partial charge in [-0.2, -0.15) is 0 Å². The molecule has 5 nitrogen and oxygen atoms in total. The molecule has 0 aliphatic carbocycles. The first-order chi connectivity index (χ1) is 11.5. The lowest BCUT2D eigenvalue weighted by atomic mass is 10.1. The minimum atomic E-state index is -0.496. The average molecular weight is 333 g/mol. The number of amides is 1. The van der Waals surface area contributed by atoms with Crippen molar-refractivity contribution in [2.75, 3.05) is 53.4 Å². The van der Waals surface area contributed by atoms with E-state index in [0.29, 0.717) is 19.5 Å². The molecule has 1 aromatic carbocycles. The first-order valence-electron chi connectivity index (χ1n) is 8.88. The molecule has 1 unspecified atom stereocenters. The largest absolute Gasteiger partial charge is 0.390 e. The Labute approximate surface area is 145 Å². The van der Waals surface area contributed by atoms with Gasteiger partial charge in [0, 0.05) is 46.3 Å². The monoisotopic (exact) mass is 333 g/mol. The van der Waals surface area contributed by atoms with Crippen LogP contribution in [0, 0.1) is 0 Å². The molecule has 1 aliphatic heterocycles. The van der Waals surface area contributed by atoms with Crippen LogP contribution in [0.25, 0.3) is 0 Å². The summed E-state index contributed by atoms with van der Waals surface area (Å²) < 4.78 is 0. The van der Waals surface area contributed by atoms with Crippen LogP contribution in [0.1, 0.15) is 18.1 Å². The number of carbonyl (C=O) groups excluding carboxylic acids is 1. The molecular weight excluding hydrogens is 302 g/mol. The maximum absolute atomic E-state index is 12.4. The van der Waals surface area contributed by atoms with E-state index in [9.17, 15) is 9.90 Å².